The number of benzene rings is 1. The highest BCUT2D eigenvalue weighted by molar-refractivity contribution is 5.98. The molecule has 3 rings (SSSR count). The molecule has 0 unspecified atom stereocenters. The largest absolute Gasteiger partial charge is 0.443 e. The third-order valence-corrected chi connectivity index (χ3v) is 4.27. The fraction of sp³-hybridized carbons (Fsp3) is 0.353. The monoisotopic (exact) mass is 313 g/mol. The van der Waals surface area contributed by atoms with E-state index in [1.54, 1.807) is 4.90 Å². The van der Waals surface area contributed by atoms with Crippen molar-refractivity contribution in [2.75, 3.05) is 13.1 Å². The van der Waals surface area contributed by atoms with Crippen LogP contribution in [0.1, 0.15) is 28.9 Å². The lowest BCUT2D eigenvalue weighted by atomic mass is 9.97. The van der Waals surface area contributed by atoms with Gasteiger partial charge in [0.15, 0.2) is 17.8 Å². The second-order valence-electron chi connectivity index (χ2n) is 5.84. The number of aromatic nitrogens is 1. The van der Waals surface area contributed by atoms with Crippen molar-refractivity contribution in [3.8, 4) is 11.3 Å². The summed E-state index contributed by atoms with van der Waals surface area (Å²) in [6, 6.07) is 7.67. The highest BCUT2D eigenvalue weighted by Gasteiger charge is 2.30. The first-order valence-electron chi connectivity index (χ1n) is 7.66. The number of hydrogen-bond acceptors (Lipinski definition) is 4. The fourth-order valence-corrected chi connectivity index (χ4v) is 2.96. The molecular formula is C17H19N3O3. The summed E-state index contributed by atoms with van der Waals surface area (Å²) in [6.45, 7) is 2.90. The lowest BCUT2D eigenvalue weighted by Crippen LogP contribution is -2.44. The Morgan fingerprint density at radius 3 is 2.87 bits per heavy atom. The SMILES string of the molecule is Cc1ccccc1-c1ocnc1C(=O)N1CCC[C@H](C(N)=O)C1. The van der Waals surface area contributed by atoms with E-state index in [9.17, 15) is 9.59 Å². The average molecular weight is 313 g/mol. The highest BCUT2D eigenvalue weighted by Crippen LogP contribution is 2.28. The molecule has 2 amide bonds. The molecule has 6 nitrogen and oxygen atoms in total. The standard InChI is InChI=1S/C17H19N3O3/c1-11-5-2-3-7-13(11)15-14(19-10-23-15)17(22)20-8-4-6-12(9-20)16(18)21/h2-3,5,7,10,12H,4,6,8-9H2,1H3,(H2,18,21)/t12-/m0/s1. The predicted octanol–water partition coefficient (Wildman–Crippen LogP) is 1.99. The number of likely N-dealkylation sites (tertiary alicyclic amines) is 1. The van der Waals surface area contributed by atoms with Crippen LogP contribution in [0.25, 0.3) is 11.3 Å². The van der Waals surface area contributed by atoms with Gasteiger partial charge < -0.3 is 15.1 Å². The number of amides is 2. The Kier molecular flexibility index (Phi) is 4.14. The molecule has 6 heteroatoms. The van der Waals surface area contributed by atoms with Crippen molar-refractivity contribution >= 4 is 11.8 Å². The number of oxazole rings is 1. The number of carbonyl (C=O) groups is 2. The van der Waals surface area contributed by atoms with Crippen LogP contribution >= 0.6 is 0 Å². The van der Waals surface area contributed by atoms with Crippen LogP contribution < -0.4 is 5.73 Å². The average Bonchev–Trinajstić information content (AvgIpc) is 3.04. The quantitative estimate of drug-likeness (QED) is 0.938. The molecule has 2 aromatic rings. The van der Waals surface area contributed by atoms with Gasteiger partial charge in [-0.25, -0.2) is 4.98 Å². The van der Waals surface area contributed by atoms with E-state index < -0.39 is 0 Å². The Labute approximate surface area is 134 Å². The summed E-state index contributed by atoms with van der Waals surface area (Å²) < 4.78 is 5.47. The molecule has 0 radical (unpaired) electrons. The van der Waals surface area contributed by atoms with E-state index in [-0.39, 0.29) is 23.4 Å². The third-order valence-electron chi connectivity index (χ3n) is 4.27. The Balaban J connectivity index is 1.88. The van der Waals surface area contributed by atoms with Crippen LogP contribution in [-0.4, -0.2) is 34.8 Å². The third kappa shape index (κ3) is 2.97. The first kappa shape index (κ1) is 15.3. The Morgan fingerprint density at radius 1 is 1.35 bits per heavy atom. The molecule has 0 bridgehead atoms. The number of piperidine rings is 1. The lowest BCUT2D eigenvalue weighted by molar-refractivity contribution is -0.123. The Morgan fingerprint density at radius 2 is 2.13 bits per heavy atom. The molecule has 0 spiro atoms. The molecule has 2 N–H and O–H groups in total. The molecule has 1 fully saturated rings. The highest BCUT2D eigenvalue weighted by atomic mass is 16.3. The van der Waals surface area contributed by atoms with Gasteiger partial charge in [0, 0.05) is 18.7 Å². The van der Waals surface area contributed by atoms with Crippen molar-refractivity contribution in [1.29, 1.82) is 0 Å². The van der Waals surface area contributed by atoms with Crippen LogP contribution in [0.3, 0.4) is 0 Å². The predicted molar refractivity (Wildman–Crippen MR) is 84.5 cm³/mol. The first-order valence-corrected chi connectivity index (χ1v) is 7.66. The van der Waals surface area contributed by atoms with Crippen LogP contribution in [0, 0.1) is 12.8 Å². The van der Waals surface area contributed by atoms with E-state index in [1.807, 2.05) is 31.2 Å². The Hall–Kier alpha value is -2.63. The topological polar surface area (TPSA) is 89.4 Å². The van der Waals surface area contributed by atoms with Crippen molar-refractivity contribution in [3.63, 3.8) is 0 Å². The van der Waals surface area contributed by atoms with Crippen molar-refractivity contribution in [2.45, 2.75) is 19.8 Å². The second-order valence-corrected chi connectivity index (χ2v) is 5.84. The molecule has 1 aliphatic heterocycles. The van der Waals surface area contributed by atoms with Crippen LogP contribution in [0.5, 0.6) is 0 Å². The summed E-state index contributed by atoms with van der Waals surface area (Å²) in [4.78, 5) is 29.9. The molecular weight excluding hydrogens is 294 g/mol. The van der Waals surface area contributed by atoms with Gasteiger partial charge >= 0.3 is 0 Å². The van der Waals surface area contributed by atoms with Crippen molar-refractivity contribution in [1.82, 2.24) is 9.88 Å². The number of carbonyl (C=O) groups excluding carboxylic acids is 2. The molecule has 1 atom stereocenters. The molecule has 1 aromatic heterocycles. The van der Waals surface area contributed by atoms with E-state index in [4.69, 9.17) is 10.2 Å². The van der Waals surface area contributed by atoms with Gasteiger partial charge in [0.05, 0.1) is 5.92 Å². The molecule has 1 aromatic carbocycles. The van der Waals surface area contributed by atoms with Crippen molar-refractivity contribution in [3.05, 3.63) is 41.9 Å². The van der Waals surface area contributed by atoms with Crippen LogP contribution in [0.2, 0.25) is 0 Å². The van der Waals surface area contributed by atoms with Crippen LogP contribution in [0.4, 0.5) is 0 Å². The summed E-state index contributed by atoms with van der Waals surface area (Å²) in [6.07, 6.45) is 2.77. The normalized spacial score (nSPS) is 18.0. The molecule has 1 aliphatic rings. The minimum absolute atomic E-state index is 0.219. The van der Waals surface area contributed by atoms with Gasteiger partial charge in [-0.15, -0.1) is 0 Å². The Bertz CT molecular complexity index is 738. The van der Waals surface area contributed by atoms with E-state index in [0.29, 0.717) is 18.8 Å². The van der Waals surface area contributed by atoms with Crippen molar-refractivity contribution < 1.29 is 14.0 Å². The van der Waals surface area contributed by atoms with E-state index in [1.165, 1.54) is 6.39 Å². The van der Waals surface area contributed by atoms with Gasteiger partial charge in [-0.1, -0.05) is 24.3 Å². The number of rotatable bonds is 3. The fourth-order valence-electron chi connectivity index (χ4n) is 2.96. The number of primary amides is 1. The lowest BCUT2D eigenvalue weighted by Gasteiger charge is -2.30. The number of aryl methyl sites for hydroxylation is 1. The zero-order chi connectivity index (χ0) is 16.4. The minimum Gasteiger partial charge on any atom is -0.443 e. The van der Waals surface area contributed by atoms with Gasteiger partial charge in [-0.3, -0.25) is 9.59 Å². The van der Waals surface area contributed by atoms with Gasteiger partial charge in [0.2, 0.25) is 5.91 Å². The molecule has 23 heavy (non-hydrogen) atoms. The maximum atomic E-state index is 12.8. The van der Waals surface area contributed by atoms with Gasteiger partial charge in [-0.05, 0) is 25.3 Å². The first-order chi connectivity index (χ1) is 11.1. The van der Waals surface area contributed by atoms with E-state index >= 15 is 0 Å². The molecule has 120 valence electrons. The zero-order valence-electron chi connectivity index (χ0n) is 13.0. The summed E-state index contributed by atoms with van der Waals surface area (Å²) in [5.74, 6) is -0.402. The smallest absolute Gasteiger partial charge is 0.276 e. The van der Waals surface area contributed by atoms with Gasteiger partial charge in [0.25, 0.3) is 5.91 Å². The number of nitrogens with zero attached hydrogens (tertiary/aromatic N) is 2. The molecule has 1 saturated heterocycles. The van der Waals surface area contributed by atoms with E-state index in [2.05, 4.69) is 4.98 Å². The van der Waals surface area contributed by atoms with Gasteiger partial charge in [-0.2, -0.15) is 0 Å². The summed E-state index contributed by atoms with van der Waals surface area (Å²) >= 11 is 0. The van der Waals surface area contributed by atoms with Crippen molar-refractivity contribution in [2.24, 2.45) is 11.7 Å². The summed E-state index contributed by atoms with van der Waals surface area (Å²) in [5, 5.41) is 0. The zero-order valence-corrected chi connectivity index (χ0v) is 13.0. The molecule has 2 heterocycles. The maximum Gasteiger partial charge on any atom is 0.276 e. The summed E-state index contributed by atoms with van der Waals surface area (Å²) in [5.41, 5.74) is 7.51. The van der Waals surface area contributed by atoms with Crippen LogP contribution in [-0.2, 0) is 4.79 Å². The second kappa shape index (κ2) is 6.24. The molecule has 0 saturated carbocycles. The molecule has 0 aliphatic carbocycles. The minimum atomic E-state index is -0.359. The maximum absolute atomic E-state index is 12.8. The number of hydrogen-bond donors (Lipinski definition) is 1. The number of nitrogens with two attached hydrogens (primary N) is 1. The van der Waals surface area contributed by atoms with Gasteiger partial charge in [0.1, 0.15) is 0 Å². The van der Waals surface area contributed by atoms with E-state index in [0.717, 1.165) is 24.0 Å². The van der Waals surface area contributed by atoms with Crippen LogP contribution in [0.15, 0.2) is 35.1 Å². The summed E-state index contributed by atoms with van der Waals surface area (Å²) in [7, 11) is 0.